The minimum absolute atomic E-state index is 0.0598. The molecule has 4 rings (SSSR count). The van der Waals surface area contributed by atoms with Crippen molar-refractivity contribution in [3.05, 3.63) is 65.2 Å². The molecule has 1 aliphatic rings. The molecule has 3 aromatic rings. The highest BCUT2D eigenvalue weighted by Gasteiger charge is 2.43. The molecule has 1 aromatic carbocycles. The number of nitrogens with zero attached hydrogens (tertiary/aromatic N) is 3. The highest BCUT2D eigenvalue weighted by Crippen LogP contribution is 2.44. The molecule has 12 heteroatoms. The zero-order valence-electron chi connectivity index (χ0n) is 21.4. The molecular weight excluding hydrogens is 521 g/mol. The summed E-state index contributed by atoms with van der Waals surface area (Å²) in [6.45, 7) is 3.48. The van der Waals surface area contributed by atoms with Crippen LogP contribution < -0.4 is 11.1 Å². The van der Waals surface area contributed by atoms with Crippen molar-refractivity contribution >= 4 is 17.5 Å². The third kappa shape index (κ3) is 6.10. The third-order valence-corrected chi connectivity index (χ3v) is 6.99. The first kappa shape index (κ1) is 28.2. The van der Waals surface area contributed by atoms with Crippen LogP contribution in [-0.2, 0) is 17.5 Å². The number of aromatic nitrogens is 3. The van der Waals surface area contributed by atoms with Gasteiger partial charge in [-0.15, -0.1) is 0 Å². The molecule has 0 unspecified atom stereocenters. The van der Waals surface area contributed by atoms with E-state index >= 15 is 0 Å². The number of halogens is 5. The molecule has 1 aliphatic carbocycles. The van der Waals surface area contributed by atoms with Gasteiger partial charge in [0.2, 0.25) is 11.8 Å². The van der Waals surface area contributed by atoms with Gasteiger partial charge in [-0.25, -0.2) is 8.78 Å². The van der Waals surface area contributed by atoms with Crippen LogP contribution in [0.2, 0.25) is 0 Å². The van der Waals surface area contributed by atoms with Crippen molar-refractivity contribution in [1.29, 1.82) is 0 Å². The molecule has 0 saturated heterocycles. The van der Waals surface area contributed by atoms with Gasteiger partial charge in [0.05, 0.1) is 17.2 Å². The Morgan fingerprint density at radius 3 is 2.46 bits per heavy atom. The number of amides is 2. The SMILES string of the molecule is CCn1nc([C@@H](C(=O)Nc2ccc(-c3c(C(F)(F)F)ccnc3C)cc2)[C@H]2CCCC(F)(F)C2)cc1C(N)=O. The summed E-state index contributed by atoms with van der Waals surface area (Å²) in [6, 6.07) is 7.98. The summed E-state index contributed by atoms with van der Waals surface area (Å²) >= 11 is 0. The summed E-state index contributed by atoms with van der Waals surface area (Å²) in [5, 5.41) is 7.02. The summed E-state index contributed by atoms with van der Waals surface area (Å²) < 4.78 is 70.7. The lowest BCUT2D eigenvalue weighted by atomic mass is 9.76. The van der Waals surface area contributed by atoms with Gasteiger partial charge < -0.3 is 11.1 Å². The molecule has 39 heavy (non-hydrogen) atoms. The molecule has 1 fully saturated rings. The van der Waals surface area contributed by atoms with E-state index in [1.165, 1.54) is 41.9 Å². The molecular formula is C27H28F5N5O2. The van der Waals surface area contributed by atoms with Crippen LogP contribution in [-0.4, -0.2) is 32.5 Å². The smallest absolute Gasteiger partial charge is 0.364 e. The van der Waals surface area contributed by atoms with E-state index in [2.05, 4.69) is 15.4 Å². The Kier molecular flexibility index (Phi) is 7.76. The largest absolute Gasteiger partial charge is 0.417 e. The van der Waals surface area contributed by atoms with Crippen molar-refractivity contribution in [3.63, 3.8) is 0 Å². The standard InChI is InChI=1S/C27H28F5N5O2/c1-3-37-21(24(33)38)13-20(36-37)23(17-5-4-11-26(28,29)14-17)25(39)35-18-8-6-16(7-9-18)22-15(2)34-12-10-19(22)27(30,31)32/h6-10,12-13,17,23H,3-5,11,14H2,1-2H3,(H2,33,38)(H,35,39)/t17-,23-/m0/s1. The minimum Gasteiger partial charge on any atom is -0.364 e. The van der Waals surface area contributed by atoms with Crippen molar-refractivity contribution in [1.82, 2.24) is 14.8 Å². The van der Waals surface area contributed by atoms with Crippen molar-refractivity contribution < 1.29 is 31.5 Å². The molecule has 1 saturated carbocycles. The van der Waals surface area contributed by atoms with Gasteiger partial charge in [0.15, 0.2) is 0 Å². The topological polar surface area (TPSA) is 103 Å². The average molecular weight is 550 g/mol. The summed E-state index contributed by atoms with van der Waals surface area (Å²) in [5.74, 6) is -6.17. The minimum atomic E-state index is -4.59. The van der Waals surface area contributed by atoms with Crippen molar-refractivity contribution in [2.45, 2.75) is 64.1 Å². The number of alkyl halides is 5. The van der Waals surface area contributed by atoms with Crippen LogP contribution in [0.4, 0.5) is 27.6 Å². The van der Waals surface area contributed by atoms with E-state index in [0.717, 1.165) is 12.3 Å². The number of hydrogen-bond acceptors (Lipinski definition) is 4. The molecule has 0 aliphatic heterocycles. The van der Waals surface area contributed by atoms with E-state index < -0.39 is 47.7 Å². The van der Waals surface area contributed by atoms with E-state index in [4.69, 9.17) is 5.73 Å². The summed E-state index contributed by atoms with van der Waals surface area (Å²) in [4.78, 5) is 29.4. The number of rotatable bonds is 7. The number of nitrogens with one attached hydrogen (secondary N) is 1. The van der Waals surface area contributed by atoms with Gasteiger partial charge in [-0.3, -0.25) is 19.3 Å². The van der Waals surface area contributed by atoms with E-state index in [-0.39, 0.29) is 53.3 Å². The van der Waals surface area contributed by atoms with E-state index in [0.29, 0.717) is 6.42 Å². The number of benzene rings is 1. The second kappa shape index (κ2) is 10.7. The lowest BCUT2D eigenvalue weighted by Gasteiger charge is -2.33. The third-order valence-electron chi connectivity index (χ3n) is 6.99. The fraction of sp³-hybridized carbons (Fsp3) is 0.407. The first-order valence-electron chi connectivity index (χ1n) is 12.5. The predicted octanol–water partition coefficient (Wildman–Crippen LogP) is 5.94. The Hall–Kier alpha value is -3.83. The Labute approximate surface area is 221 Å². The van der Waals surface area contributed by atoms with Gasteiger partial charge in [0.1, 0.15) is 5.69 Å². The quantitative estimate of drug-likeness (QED) is 0.356. The predicted molar refractivity (Wildman–Crippen MR) is 134 cm³/mol. The number of aryl methyl sites for hydroxylation is 2. The second-order valence-corrected chi connectivity index (χ2v) is 9.71. The number of hydrogen-bond donors (Lipinski definition) is 2. The normalized spacial score (nSPS) is 18.0. The van der Waals surface area contributed by atoms with Crippen LogP contribution in [0, 0.1) is 12.8 Å². The van der Waals surface area contributed by atoms with E-state index in [1.807, 2.05) is 0 Å². The van der Waals surface area contributed by atoms with Crippen LogP contribution >= 0.6 is 0 Å². The van der Waals surface area contributed by atoms with Gasteiger partial charge in [-0.1, -0.05) is 12.1 Å². The second-order valence-electron chi connectivity index (χ2n) is 9.71. The monoisotopic (exact) mass is 549 g/mol. The van der Waals surface area contributed by atoms with Gasteiger partial charge in [-0.05, 0) is 62.4 Å². The Morgan fingerprint density at radius 1 is 1.21 bits per heavy atom. The number of nitrogens with two attached hydrogens (primary N) is 1. The van der Waals surface area contributed by atoms with Crippen LogP contribution in [0.3, 0.4) is 0 Å². The number of carbonyl (C=O) groups is 2. The molecule has 0 radical (unpaired) electrons. The van der Waals surface area contributed by atoms with Crippen molar-refractivity contribution in [3.8, 4) is 11.1 Å². The Balaban J connectivity index is 1.65. The van der Waals surface area contributed by atoms with Gasteiger partial charge in [-0.2, -0.15) is 18.3 Å². The van der Waals surface area contributed by atoms with Crippen LogP contribution in [0.15, 0.2) is 42.6 Å². The van der Waals surface area contributed by atoms with E-state index in [1.54, 1.807) is 6.92 Å². The maximum absolute atomic E-state index is 14.3. The van der Waals surface area contributed by atoms with Crippen LogP contribution in [0.5, 0.6) is 0 Å². The van der Waals surface area contributed by atoms with Crippen molar-refractivity contribution in [2.75, 3.05) is 5.32 Å². The number of primary amides is 1. The highest BCUT2D eigenvalue weighted by atomic mass is 19.4. The summed E-state index contributed by atoms with van der Waals surface area (Å²) in [6.07, 6.45) is -3.71. The first-order valence-corrected chi connectivity index (χ1v) is 12.5. The molecule has 2 heterocycles. The summed E-state index contributed by atoms with van der Waals surface area (Å²) in [5.41, 5.74) is 5.45. The molecule has 2 atom stereocenters. The molecule has 2 aromatic heterocycles. The summed E-state index contributed by atoms with van der Waals surface area (Å²) in [7, 11) is 0. The molecule has 0 bridgehead atoms. The molecule has 7 nitrogen and oxygen atoms in total. The zero-order chi connectivity index (χ0) is 28.5. The maximum Gasteiger partial charge on any atom is 0.417 e. The lowest BCUT2D eigenvalue weighted by Crippen LogP contribution is -2.35. The highest BCUT2D eigenvalue weighted by molar-refractivity contribution is 5.97. The Morgan fingerprint density at radius 2 is 1.90 bits per heavy atom. The van der Waals surface area contributed by atoms with Crippen LogP contribution in [0.25, 0.3) is 11.1 Å². The maximum atomic E-state index is 14.3. The van der Waals surface area contributed by atoms with Gasteiger partial charge in [0, 0.05) is 42.5 Å². The van der Waals surface area contributed by atoms with E-state index in [9.17, 15) is 31.5 Å². The van der Waals surface area contributed by atoms with Crippen LogP contribution in [0.1, 0.15) is 66.0 Å². The fourth-order valence-electron chi connectivity index (χ4n) is 5.22. The molecule has 3 N–H and O–H groups in total. The number of pyridine rings is 1. The first-order chi connectivity index (χ1) is 18.3. The molecule has 0 spiro atoms. The number of carbonyl (C=O) groups excluding carboxylic acids is 2. The molecule has 2 amide bonds. The zero-order valence-corrected chi connectivity index (χ0v) is 21.4. The number of anilines is 1. The van der Waals surface area contributed by atoms with Gasteiger partial charge in [0.25, 0.3) is 5.91 Å². The van der Waals surface area contributed by atoms with Crippen molar-refractivity contribution in [2.24, 2.45) is 11.7 Å². The lowest BCUT2D eigenvalue weighted by molar-refractivity contribution is -0.137. The van der Waals surface area contributed by atoms with Gasteiger partial charge >= 0.3 is 6.18 Å². The molecule has 208 valence electrons. The Bertz CT molecular complexity index is 1370. The average Bonchev–Trinajstić information content (AvgIpc) is 3.28. The fourth-order valence-corrected chi connectivity index (χ4v) is 5.22.